The molecule has 7 heteroatoms. The first-order valence-corrected chi connectivity index (χ1v) is 12.1. The molecule has 4 heterocycles. The summed E-state index contributed by atoms with van der Waals surface area (Å²) in [6.45, 7) is 8.03. The molecule has 5 rings (SSSR count). The Morgan fingerprint density at radius 2 is 1.97 bits per heavy atom. The van der Waals surface area contributed by atoms with Gasteiger partial charge in [0.05, 0.1) is 12.1 Å². The van der Waals surface area contributed by atoms with Crippen molar-refractivity contribution in [3.63, 3.8) is 0 Å². The summed E-state index contributed by atoms with van der Waals surface area (Å²) >= 11 is 0. The van der Waals surface area contributed by atoms with Crippen LogP contribution in [0.5, 0.6) is 0 Å². The molecule has 1 aliphatic heterocycles. The number of fused-ring (bicyclic) bond motifs is 1. The number of piperidine rings is 1. The maximum atomic E-state index is 13.1. The normalized spacial score (nSPS) is 15.2. The molecular weight excluding hydrogens is 436 g/mol. The topological polar surface area (TPSA) is 75.4 Å². The number of carbonyl (C=O) groups excluding carboxylic acids is 1. The molecule has 0 saturated carbocycles. The van der Waals surface area contributed by atoms with Crippen molar-refractivity contribution < 1.29 is 4.79 Å². The maximum Gasteiger partial charge on any atom is 0.229 e. The zero-order valence-electron chi connectivity index (χ0n) is 20.0. The fourth-order valence-electron chi connectivity index (χ4n) is 4.73. The molecule has 1 N–H and O–H groups in total. The van der Waals surface area contributed by atoms with Crippen molar-refractivity contribution in [2.24, 2.45) is 0 Å². The van der Waals surface area contributed by atoms with Crippen molar-refractivity contribution in [3.05, 3.63) is 96.1 Å². The second-order valence-corrected chi connectivity index (χ2v) is 9.05. The molecule has 1 atom stereocenters. The van der Waals surface area contributed by atoms with Gasteiger partial charge in [-0.3, -0.25) is 9.78 Å². The second kappa shape index (κ2) is 10.1. The Morgan fingerprint density at radius 1 is 1.17 bits per heavy atom. The van der Waals surface area contributed by atoms with E-state index in [1.54, 1.807) is 18.5 Å². The summed E-state index contributed by atoms with van der Waals surface area (Å²) in [7, 11) is 0. The predicted molar refractivity (Wildman–Crippen MR) is 138 cm³/mol. The Hall–Kier alpha value is -4.00. The number of amides is 1. The molecular formula is C28H30N6O. The Kier molecular flexibility index (Phi) is 6.57. The van der Waals surface area contributed by atoms with Gasteiger partial charge in [-0.1, -0.05) is 49.1 Å². The largest absolute Gasteiger partial charge is 0.366 e. The maximum absolute atomic E-state index is 13.1. The van der Waals surface area contributed by atoms with E-state index in [-0.39, 0.29) is 17.7 Å². The van der Waals surface area contributed by atoms with Crippen LogP contribution in [-0.4, -0.2) is 43.5 Å². The summed E-state index contributed by atoms with van der Waals surface area (Å²) in [6, 6.07) is 16.1. The lowest BCUT2D eigenvalue weighted by molar-refractivity contribution is -0.133. The van der Waals surface area contributed by atoms with Crippen LogP contribution >= 0.6 is 0 Å². The Bertz CT molecular complexity index is 1310. The third-order valence-electron chi connectivity index (χ3n) is 6.83. The summed E-state index contributed by atoms with van der Waals surface area (Å²) in [5, 5.41) is 8.03. The number of aromatic nitrogens is 4. The molecule has 35 heavy (non-hydrogen) atoms. The third-order valence-corrected chi connectivity index (χ3v) is 6.83. The molecule has 1 aromatic carbocycles. The molecule has 3 aromatic heterocycles. The van der Waals surface area contributed by atoms with Crippen LogP contribution in [0.3, 0.4) is 0 Å². The van der Waals surface area contributed by atoms with Gasteiger partial charge in [0.1, 0.15) is 5.82 Å². The third kappa shape index (κ3) is 4.80. The average Bonchev–Trinajstić information content (AvgIpc) is 3.35. The SMILES string of the molecule is C=Cc1cnn2c(NCc3cccnc3)cc(C3CCN(C(=O)C(C)c4ccccc4)CC3)nc12. The average molecular weight is 467 g/mol. The monoisotopic (exact) mass is 466 g/mol. The number of nitrogens with one attached hydrogen (secondary N) is 1. The van der Waals surface area contributed by atoms with Crippen LogP contribution in [0.2, 0.25) is 0 Å². The lowest BCUT2D eigenvalue weighted by atomic mass is 9.91. The van der Waals surface area contributed by atoms with E-state index in [1.807, 2.05) is 65.0 Å². The zero-order chi connectivity index (χ0) is 24.2. The number of carbonyl (C=O) groups is 1. The first-order valence-electron chi connectivity index (χ1n) is 12.1. The fourth-order valence-corrected chi connectivity index (χ4v) is 4.73. The molecule has 4 aromatic rings. The van der Waals surface area contributed by atoms with Crippen molar-refractivity contribution in [2.75, 3.05) is 18.4 Å². The predicted octanol–water partition coefficient (Wildman–Crippen LogP) is 4.89. The fraction of sp³-hybridized carbons (Fsp3) is 0.286. The highest BCUT2D eigenvalue weighted by Crippen LogP contribution is 2.31. The van der Waals surface area contributed by atoms with Crippen molar-refractivity contribution in [1.29, 1.82) is 0 Å². The highest BCUT2D eigenvalue weighted by molar-refractivity contribution is 5.83. The molecule has 0 aliphatic carbocycles. The summed E-state index contributed by atoms with van der Waals surface area (Å²) in [6.07, 6.45) is 8.98. The summed E-state index contributed by atoms with van der Waals surface area (Å²) < 4.78 is 1.83. The van der Waals surface area contributed by atoms with Crippen LogP contribution in [0.15, 0.2) is 73.7 Å². The number of hydrogen-bond donors (Lipinski definition) is 1. The number of nitrogens with zero attached hydrogens (tertiary/aromatic N) is 5. The first-order chi connectivity index (χ1) is 17.1. The van der Waals surface area contributed by atoms with Gasteiger partial charge in [0.25, 0.3) is 0 Å². The molecule has 0 bridgehead atoms. The van der Waals surface area contributed by atoms with Crippen LogP contribution in [0.25, 0.3) is 11.7 Å². The van der Waals surface area contributed by atoms with Crippen molar-refractivity contribution in [1.82, 2.24) is 24.5 Å². The van der Waals surface area contributed by atoms with Crippen LogP contribution < -0.4 is 5.32 Å². The van der Waals surface area contributed by atoms with Crippen LogP contribution in [0.4, 0.5) is 5.82 Å². The lowest BCUT2D eigenvalue weighted by Crippen LogP contribution is -2.40. The van der Waals surface area contributed by atoms with E-state index < -0.39 is 0 Å². The number of pyridine rings is 1. The summed E-state index contributed by atoms with van der Waals surface area (Å²) in [5.41, 5.74) is 4.88. The van der Waals surface area contributed by atoms with E-state index in [0.29, 0.717) is 6.54 Å². The molecule has 0 spiro atoms. The first kappa shape index (κ1) is 22.8. The molecule has 7 nitrogen and oxygen atoms in total. The minimum atomic E-state index is -0.132. The van der Waals surface area contributed by atoms with Crippen LogP contribution in [-0.2, 0) is 11.3 Å². The molecule has 178 valence electrons. The van der Waals surface area contributed by atoms with E-state index in [1.165, 1.54) is 0 Å². The Balaban J connectivity index is 1.33. The van der Waals surface area contributed by atoms with Gasteiger partial charge in [-0.25, -0.2) is 4.98 Å². The number of benzene rings is 1. The van der Waals surface area contributed by atoms with Crippen molar-refractivity contribution in [2.45, 2.75) is 38.1 Å². The molecule has 1 unspecified atom stereocenters. The lowest BCUT2D eigenvalue weighted by Gasteiger charge is -2.33. The van der Waals surface area contributed by atoms with Crippen molar-refractivity contribution in [3.8, 4) is 0 Å². The van der Waals surface area contributed by atoms with E-state index in [4.69, 9.17) is 4.98 Å². The molecule has 0 radical (unpaired) electrons. The molecule has 1 fully saturated rings. The second-order valence-electron chi connectivity index (χ2n) is 9.05. The van der Waals surface area contributed by atoms with E-state index in [0.717, 1.165) is 59.8 Å². The van der Waals surface area contributed by atoms with Gasteiger partial charge < -0.3 is 10.2 Å². The molecule has 1 aliphatic rings. The van der Waals surface area contributed by atoms with Gasteiger partial charge in [-0.05, 0) is 37.0 Å². The van der Waals surface area contributed by atoms with Gasteiger partial charge >= 0.3 is 0 Å². The minimum absolute atomic E-state index is 0.132. The number of rotatable bonds is 7. The standard InChI is InChI=1S/C28H30N6O/c1-3-22-19-31-34-26(30-18-21-8-7-13-29-17-21)16-25(32-27(22)34)24-11-14-33(15-12-24)28(35)20(2)23-9-5-4-6-10-23/h3-10,13,16-17,19-20,24,30H,1,11-12,14-15,18H2,2H3. The Labute approximate surface area is 205 Å². The summed E-state index contributed by atoms with van der Waals surface area (Å²) in [5.74, 6) is 1.23. The van der Waals surface area contributed by atoms with Crippen LogP contribution in [0.1, 0.15) is 54.0 Å². The van der Waals surface area contributed by atoms with Crippen LogP contribution in [0, 0.1) is 0 Å². The van der Waals surface area contributed by atoms with Gasteiger partial charge in [0.2, 0.25) is 5.91 Å². The molecule has 1 amide bonds. The van der Waals surface area contributed by atoms with E-state index in [9.17, 15) is 4.79 Å². The quantitative estimate of drug-likeness (QED) is 0.420. The van der Waals surface area contributed by atoms with Gasteiger partial charge in [0.15, 0.2) is 5.65 Å². The van der Waals surface area contributed by atoms with E-state index >= 15 is 0 Å². The van der Waals surface area contributed by atoms with Gasteiger partial charge in [-0.15, -0.1) is 0 Å². The molecule has 1 saturated heterocycles. The van der Waals surface area contributed by atoms with E-state index in [2.05, 4.69) is 28.0 Å². The number of likely N-dealkylation sites (tertiary alicyclic amines) is 1. The highest BCUT2D eigenvalue weighted by Gasteiger charge is 2.28. The number of anilines is 1. The summed E-state index contributed by atoms with van der Waals surface area (Å²) in [4.78, 5) is 24.3. The number of hydrogen-bond acceptors (Lipinski definition) is 5. The highest BCUT2D eigenvalue weighted by atomic mass is 16.2. The Morgan fingerprint density at radius 3 is 2.69 bits per heavy atom. The smallest absolute Gasteiger partial charge is 0.229 e. The zero-order valence-corrected chi connectivity index (χ0v) is 20.0. The minimum Gasteiger partial charge on any atom is -0.366 e. The van der Waals surface area contributed by atoms with Crippen molar-refractivity contribution >= 4 is 23.4 Å². The van der Waals surface area contributed by atoms with Gasteiger partial charge in [-0.2, -0.15) is 9.61 Å². The van der Waals surface area contributed by atoms with Gasteiger partial charge in [0, 0.05) is 55.3 Å².